The monoisotopic (exact) mass is 354 g/mol. The topological polar surface area (TPSA) is 96.2 Å². The number of benzene rings is 2. The molecule has 0 atom stereocenters. The van der Waals surface area contributed by atoms with Crippen LogP contribution in [-0.4, -0.2) is 18.5 Å². The predicted octanol–water partition coefficient (Wildman–Crippen LogP) is 4.03. The van der Waals surface area contributed by atoms with Crippen molar-refractivity contribution < 1.29 is 9.59 Å². The van der Waals surface area contributed by atoms with Gasteiger partial charge < -0.3 is 21.7 Å². The number of nitrogens with one attached hydrogen (secondary N) is 3. The predicted molar refractivity (Wildman–Crippen MR) is 106 cm³/mol. The zero-order valence-electron chi connectivity index (χ0n) is 15.2. The van der Waals surface area contributed by atoms with Crippen LogP contribution in [0.2, 0.25) is 0 Å². The molecular weight excluding hydrogens is 328 g/mol. The average molecular weight is 354 g/mol. The van der Waals surface area contributed by atoms with Crippen LogP contribution in [-0.2, 0) is 4.79 Å². The molecule has 0 fully saturated rings. The summed E-state index contributed by atoms with van der Waals surface area (Å²) in [5.41, 5.74) is 7.16. The lowest BCUT2D eigenvalue weighted by molar-refractivity contribution is -0.125. The first kappa shape index (κ1) is 19.5. The molecule has 0 unspecified atom stereocenters. The minimum absolute atomic E-state index is 0.101. The number of carbonyl (C=O) groups is 2. The van der Waals surface area contributed by atoms with E-state index in [0.717, 1.165) is 0 Å². The highest BCUT2D eigenvalue weighted by molar-refractivity contribution is 6.01. The fourth-order valence-electron chi connectivity index (χ4n) is 2.71. The summed E-state index contributed by atoms with van der Waals surface area (Å²) in [5, 5.41) is 8.42. The van der Waals surface area contributed by atoms with Gasteiger partial charge in [-0.25, -0.2) is 4.79 Å². The molecule has 26 heavy (non-hydrogen) atoms. The Bertz CT molecular complexity index is 734. The Morgan fingerprint density at radius 2 is 1.38 bits per heavy atom. The fraction of sp³-hybridized carbons (Fsp3) is 0.300. The van der Waals surface area contributed by atoms with Gasteiger partial charge in [0.05, 0.1) is 5.41 Å². The van der Waals surface area contributed by atoms with Gasteiger partial charge in [-0.2, -0.15) is 0 Å². The van der Waals surface area contributed by atoms with Gasteiger partial charge in [-0.15, -0.1) is 0 Å². The lowest BCUT2D eigenvalue weighted by Crippen LogP contribution is -2.41. The maximum Gasteiger partial charge on any atom is 0.323 e. The Morgan fingerprint density at radius 3 is 1.96 bits per heavy atom. The number of urea groups is 1. The van der Waals surface area contributed by atoms with Gasteiger partial charge in [0, 0.05) is 23.6 Å². The number of hydrogen-bond donors (Lipinski definition) is 4. The molecule has 138 valence electrons. The van der Waals surface area contributed by atoms with Crippen molar-refractivity contribution in [1.29, 1.82) is 0 Å². The second-order valence-corrected chi connectivity index (χ2v) is 6.17. The molecule has 0 heterocycles. The molecule has 6 heteroatoms. The third-order valence-electron chi connectivity index (χ3n) is 4.64. The number of hydrogen-bond acceptors (Lipinski definition) is 3. The first-order chi connectivity index (χ1) is 12.5. The lowest BCUT2D eigenvalue weighted by atomic mass is 9.81. The van der Waals surface area contributed by atoms with E-state index in [-0.39, 0.29) is 11.9 Å². The number of para-hydroxylation sites is 1. The summed E-state index contributed by atoms with van der Waals surface area (Å²) in [6.07, 6.45) is 1.34. The van der Waals surface area contributed by atoms with E-state index in [4.69, 9.17) is 5.73 Å². The van der Waals surface area contributed by atoms with Crippen molar-refractivity contribution in [2.75, 3.05) is 22.5 Å². The van der Waals surface area contributed by atoms with Gasteiger partial charge >= 0.3 is 6.03 Å². The van der Waals surface area contributed by atoms with E-state index in [2.05, 4.69) is 16.0 Å². The van der Waals surface area contributed by atoms with Gasteiger partial charge in [-0.3, -0.25) is 4.79 Å². The van der Waals surface area contributed by atoms with E-state index in [0.29, 0.717) is 36.4 Å². The maximum absolute atomic E-state index is 12.6. The Morgan fingerprint density at radius 1 is 0.846 bits per heavy atom. The van der Waals surface area contributed by atoms with Crippen molar-refractivity contribution >= 4 is 29.0 Å². The molecule has 3 amide bonds. The van der Waals surface area contributed by atoms with Crippen LogP contribution < -0.4 is 21.7 Å². The van der Waals surface area contributed by atoms with Crippen molar-refractivity contribution in [3.05, 3.63) is 54.6 Å². The highest BCUT2D eigenvalue weighted by atomic mass is 16.2. The van der Waals surface area contributed by atoms with E-state index >= 15 is 0 Å². The molecule has 0 aliphatic carbocycles. The molecule has 0 aliphatic rings. The van der Waals surface area contributed by atoms with Crippen LogP contribution in [0, 0.1) is 5.41 Å². The molecule has 2 aromatic rings. The summed E-state index contributed by atoms with van der Waals surface area (Å²) in [4.78, 5) is 24.7. The highest BCUT2D eigenvalue weighted by Crippen LogP contribution is 2.27. The van der Waals surface area contributed by atoms with Crippen molar-refractivity contribution in [2.45, 2.75) is 26.7 Å². The Balaban J connectivity index is 2.03. The second kappa shape index (κ2) is 9.01. The van der Waals surface area contributed by atoms with Gasteiger partial charge in [-0.1, -0.05) is 38.1 Å². The van der Waals surface area contributed by atoms with Crippen LogP contribution in [0.3, 0.4) is 0 Å². The van der Waals surface area contributed by atoms with E-state index in [9.17, 15) is 9.59 Å². The number of anilines is 3. The molecular formula is C20H26N4O2. The summed E-state index contributed by atoms with van der Waals surface area (Å²) in [7, 11) is 0. The van der Waals surface area contributed by atoms with Gasteiger partial charge in [0.2, 0.25) is 5.91 Å². The molecule has 2 aromatic carbocycles. The number of rotatable bonds is 7. The summed E-state index contributed by atoms with van der Waals surface area (Å²) >= 11 is 0. The van der Waals surface area contributed by atoms with E-state index < -0.39 is 5.41 Å². The lowest BCUT2D eigenvalue weighted by Gasteiger charge is -2.28. The SMILES string of the molecule is CCC(CC)(CN)C(=O)Nc1cccc(NC(=O)Nc2ccccc2)c1. The molecule has 0 saturated heterocycles. The van der Waals surface area contributed by atoms with Crippen molar-refractivity contribution in [1.82, 2.24) is 0 Å². The number of amides is 3. The summed E-state index contributed by atoms with van der Waals surface area (Å²) in [5.74, 6) is -0.101. The zero-order chi connectivity index (χ0) is 19.0. The van der Waals surface area contributed by atoms with Gasteiger partial charge in [0.15, 0.2) is 0 Å². The minimum atomic E-state index is -0.575. The Labute approximate surface area is 154 Å². The molecule has 5 N–H and O–H groups in total. The fourth-order valence-corrected chi connectivity index (χ4v) is 2.71. The zero-order valence-corrected chi connectivity index (χ0v) is 15.2. The molecule has 0 radical (unpaired) electrons. The second-order valence-electron chi connectivity index (χ2n) is 6.17. The van der Waals surface area contributed by atoms with Crippen molar-refractivity contribution in [2.24, 2.45) is 11.1 Å². The summed E-state index contributed by atoms with van der Waals surface area (Å²) in [6.45, 7) is 4.22. The molecule has 0 saturated carbocycles. The largest absolute Gasteiger partial charge is 0.329 e. The Hall–Kier alpha value is -2.86. The molecule has 0 spiro atoms. The number of carbonyl (C=O) groups excluding carboxylic acids is 2. The van der Waals surface area contributed by atoms with Crippen LogP contribution >= 0.6 is 0 Å². The molecule has 0 aromatic heterocycles. The summed E-state index contributed by atoms with van der Waals surface area (Å²) < 4.78 is 0. The minimum Gasteiger partial charge on any atom is -0.329 e. The molecule has 0 bridgehead atoms. The van der Waals surface area contributed by atoms with Crippen molar-refractivity contribution in [3.8, 4) is 0 Å². The van der Waals surface area contributed by atoms with Crippen LogP contribution in [0.15, 0.2) is 54.6 Å². The van der Waals surface area contributed by atoms with E-state index in [1.807, 2.05) is 32.0 Å². The molecule has 0 aliphatic heterocycles. The van der Waals surface area contributed by atoms with E-state index in [1.165, 1.54) is 0 Å². The van der Waals surface area contributed by atoms with Gasteiger partial charge in [0.1, 0.15) is 0 Å². The van der Waals surface area contributed by atoms with Gasteiger partial charge in [0.25, 0.3) is 0 Å². The third kappa shape index (κ3) is 4.83. The van der Waals surface area contributed by atoms with Crippen LogP contribution in [0.1, 0.15) is 26.7 Å². The summed E-state index contributed by atoms with van der Waals surface area (Å²) in [6, 6.07) is 15.9. The van der Waals surface area contributed by atoms with Gasteiger partial charge in [-0.05, 0) is 43.2 Å². The molecule has 2 rings (SSSR count). The smallest absolute Gasteiger partial charge is 0.323 e. The van der Waals surface area contributed by atoms with Crippen molar-refractivity contribution in [3.63, 3.8) is 0 Å². The first-order valence-corrected chi connectivity index (χ1v) is 8.77. The Kier molecular flexibility index (Phi) is 6.74. The molecule has 6 nitrogen and oxygen atoms in total. The van der Waals surface area contributed by atoms with E-state index in [1.54, 1.807) is 36.4 Å². The van der Waals surface area contributed by atoms with Crippen LogP contribution in [0.5, 0.6) is 0 Å². The maximum atomic E-state index is 12.6. The standard InChI is InChI=1S/C20H26N4O2/c1-3-20(4-2,14-21)18(25)22-16-11-8-12-17(13-16)24-19(26)23-15-9-6-5-7-10-15/h5-13H,3-4,14,21H2,1-2H3,(H,22,25)(H2,23,24,26). The average Bonchev–Trinajstić information content (AvgIpc) is 2.64. The third-order valence-corrected chi connectivity index (χ3v) is 4.64. The normalized spacial score (nSPS) is 10.9. The van der Waals surface area contributed by atoms with Crippen LogP contribution in [0.25, 0.3) is 0 Å². The quantitative estimate of drug-likeness (QED) is 0.604. The first-order valence-electron chi connectivity index (χ1n) is 8.77. The van der Waals surface area contributed by atoms with Crippen LogP contribution in [0.4, 0.5) is 21.9 Å². The number of nitrogens with two attached hydrogens (primary N) is 1. The highest BCUT2D eigenvalue weighted by Gasteiger charge is 2.33.